The molecule has 5 rings (SSSR count). The molecule has 204 valence electrons. The first-order valence-electron chi connectivity index (χ1n) is 13.1. The Morgan fingerprint density at radius 1 is 0.897 bits per heavy atom. The number of allylic oxidation sites excluding steroid dienone is 4. The van der Waals surface area contributed by atoms with Crippen LogP contribution >= 0.6 is 23.2 Å². The van der Waals surface area contributed by atoms with Crippen LogP contribution in [0.15, 0.2) is 65.0 Å². The molecule has 0 saturated heterocycles. The van der Waals surface area contributed by atoms with Crippen LogP contribution in [-0.4, -0.2) is 24.1 Å². The number of ether oxygens (including phenoxy) is 1. The lowest BCUT2D eigenvalue weighted by Gasteiger charge is -2.44. The Morgan fingerprint density at radius 3 is 2.05 bits per heavy atom. The van der Waals surface area contributed by atoms with Gasteiger partial charge < -0.3 is 15.4 Å². The van der Waals surface area contributed by atoms with Gasteiger partial charge in [-0.05, 0) is 53.5 Å². The number of rotatable bonds is 5. The molecule has 0 fully saturated rings. The summed E-state index contributed by atoms with van der Waals surface area (Å²) in [6.45, 7) is 8.11. The largest absolute Gasteiger partial charge is 0.482 e. The molecule has 0 bridgehead atoms. The van der Waals surface area contributed by atoms with Gasteiger partial charge in [-0.2, -0.15) is 0 Å². The zero-order chi connectivity index (χ0) is 28.1. The molecular weight excluding hydrogens is 535 g/mol. The van der Waals surface area contributed by atoms with E-state index in [0.717, 1.165) is 29.8 Å². The Balaban J connectivity index is 1.44. The van der Waals surface area contributed by atoms with Crippen molar-refractivity contribution < 1.29 is 19.1 Å². The van der Waals surface area contributed by atoms with Gasteiger partial charge in [0.25, 0.3) is 5.91 Å². The van der Waals surface area contributed by atoms with E-state index in [9.17, 15) is 14.4 Å². The summed E-state index contributed by atoms with van der Waals surface area (Å²) in [6, 6.07) is 12.2. The third-order valence-electron chi connectivity index (χ3n) is 7.52. The van der Waals surface area contributed by atoms with E-state index in [1.165, 1.54) is 0 Å². The minimum absolute atomic E-state index is 0.0515. The molecule has 0 spiro atoms. The van der Waals surface area contributed by atoms with Gasteiger partial charge in [0, 0.05) is 41.3 Å². The van der Waals surface area contributed by atoms with Crippen LogP contribution in [0.1, 0.15) is 64.9 Å². The molecule has 0 unspecified atom stereocenters. The first kappa shape index (κ1) is 27.5. The fourth-order valence-corrected chi connectivity index (χ4v) is 6.35. The Kier molecular flexibility index (Phi) is 7.15. The number of carbonyl (C=O) groups is 3. The van der Waals surface area contributed by atoms with Crippen LogP contribution in [0.3, 0.4) is 0 Å². The van der Waals surface area contributed by atoms with E-state index in [1.807, 2.05) is 6.07 Å². The lowest BCUT2D eigenvalue weighted by Crippen LogP contribution is -2.42. The van der Waals surface area contributed by atoms with Gasteiger partial charge in [-0.3, -0.25) is 14.4 Å². The molecule has 3 aliphatic rings. The first-order chi connectivity index (χ1) is 18.3. The van der Waals surface area contributed by atoms with Crippen molar-refractivity contribution in [3.63, 3.8) is 0 Å². The Bertz CT molecular complexity index is 1400. The number of anilines is 1. The van der Waals surface area contributed by atoms with Crippen LogP contribution in [0, 0.1) is 10.8 Å². The number of Topliss-reactive ketones (excluding diaryl/α,β-unsaturated/α-hetero) is 2. The number of amides is 1. The maximum atomic E-state index is 13.5. The number of benzene rings is 2. The van der Waals surface area contributed by atoms with Crippen molar-refractivity contribution in [1.29, 1.82) is 0 Å². The van der Waals surface area contributed by atoms with Crippen LogP contribution in [-0.2, 0) is 14.4 Å². The lowest BCUT2D eigenvalue weighted by molar-refractivity contribution is -0.119. The summed E-state index contributed by atoms with van der Waals surface area (Å²) in [7, 11) is 0. The van der Waals surface area contributed by atoms with Crippen LogP contribution in [0.25, 0.3) is 0 Å². The minimum atomic E-state index is -0.487. The molecule has 1 amide bonds. The van der Waals surface area contributed by atoms with Gasteiger partial charge >= 0.3 is 0 Å². The predicted molar refractivity (Wildman–Crippen MR) is 153 cm³/mol. The summed E-state index contributed by atoms with van der Waals surface area (Å²) in [4.78, 5) is 39.4. The fraction of sp³-hybridized carbons (Fsp3) is 0.387. The highest BCUT2D eigenvalue weighted by atomic mass is 35.5. The fourth-order valence-electron chi connectivity index (χ4n) is 5.93. The quantitative estimate of drug-likeness (QED) is 0.407. The number of carbonyl (C=O) groups excluding carboxylic acids is 3. The van der Waals surface area contributed by atoms with Crippen molar-refractivity contribution in [2.75, 3.05) is 11.9 Å². The number of para-hydroxylation sites is 1. The van der Waals surface area contributed by atoms with Crippen LogP contribution < -0.4 is 15.4 Å². The van der Waals surface area contributed by atoms with E-state index >= 15 is 0 Å². The maximum Gasteiger partial charge on any atom is 0.262 e. The topological polar surface area (TPSA) is 84.5 Å². The maximum absolute atomic E-state index is 13.5. The molecule has 2 aromatic carbocycles. The van der Waals surface area contributed by atoms with Gasteiger partial charge in [0.15, 0.2) is 18.2 Å². The molecule has 0 atom stereocenters. The molecule has 0 saturated carbocycles. The second-order valence-electron chi connectivity index (χ2n) is 12.2. The third kappa shape index (κ3) is 5.64. The number of halogens is 2. The molecule has 39 heavy (non-hydrogen) atoms. The average molecular weight is 568 g/mol. The molecule has 8 heteroatoms. The molecule has 1 aliphatic heterocycles. The van der Waals surface area contributed by atoms with Gasteiger partial charge in [-0.25, -0.2) is 0 Å². The molecule has 0 aromatic heterocycles. The number of hydrogen-bond donors (Lipinski definition) is 2. The van der Waals surface area contributed by atoms with E-state index in [-0.39, 0.29) is 34.9 Å². The predicted octanol–water partition coefficient (Wildman–Crippen LogP) is 6.98. The minimum Gasteiger partial charge on any atom is -0.482 e. The highest BCUT2D eigenvalue weighted by Crippen LogP contribution is 2.51. The van der Waals surface area contributed by atoms with Crippen molar-refractivity contribution in [2.45, 2.75) is 59.3 Å². The van der Waals surface area contributed by atoms with Crippen LogP contribution in [0.5, 0.6) is 5.75 Å². The SMILES string of the molecule is CC1(C)CC(=O)C2=C(C1)NC1=C(C(=O)CC(C)(C)C1)C2c1ccc(OCC(=O)Nc2ccccc2Cl)c(Cl)c1. The number of ketones is 2. The summed E-state index contributed by atoms with van der Waals surface area (Å²) in [6.07, 6.45) is 2.29. The first-order valence-corrected chi connectivity index (χ1v) is 13.9. The lowest BCUT2D eigenvalue weighted by atomic mass is 9.64. The summed E-state index contributed by atoms with van der Waals surface area (Å²) in [5.41, 5.74) is 4.04. The summed E-state index contributed by atoms with van der Waals surface area (Å²) in [5, 5.41) is 6.96. The molecule has 2 N–H and O–H groups in total. The van der Waals surface area contributed by atoms with Crippen molar-refractivity contribution in [3.8, 4) is 5.75 Å². The normalized spacial score (nSPS) is 20.3. The molecule has 2 aliphatic carbocycles. The smallest absolute Gasteiger partial charge is 0.262 e. The summed E-state index contributed by atoms with van der Waals surface area (Å²) in [5.74, 6) is -0.430. The van der Waals surface area contributed by atoms with Gasteiger partial charge in [0.1, 0.15) is 5.75 Å². The van der Waals surface area contributed by atoms with Gasteiger partial charge in [-0.15, -0.1) is 0 Å². The number of nitrogens with one attached hydrogen (secondary N) is 2. The zero-order valence-corrected chi connectivity index (χ0v) is 24.1. The van der Waals surface area contributed by atoms with Crippen molar-refractivity contribution in [2.24, 2.45) is 10.8 Å². The zero-order valence-electron chi connectivity index (χ0n) is 22.5. The monoisotopic (exact) mass is 566 g/mol. The molecular formula is C31H32Cl2N2O4. The van der Waals surface area contributed by atoms with E-state index < -0.39 is 5.92 Å². The second-order valence-corrected chi connectivity index (χ2v) is 13.0. The van der Waals surface area contributed by atoms with Gasteiger partial charge in [0.05, 0.1) is 15.7 Å². The highest BCUT2D eigenvalue weighted by Gasteiger charge is 2.46. The van der Waals surface area contributed by atoms with Crippen molar-refractivity contribution in [1.82, 2.24) is 5.32 Å². The average Bonchev–Trinajstić information content (AvgIpc) is 2.82. The highest BCUT2D eigenvalue weighted by molar-refractivity contribution is 6.33. The van der Waals surface area contributed by atoms with E-state index in [4.69, 9.17) is 27.9 Å². The Labute approximate surface area is 238 Å². The summed E-state index contributed by atoms with van der Waals surface area (Å²) >= 11 is 12.8. The third-order valence-corrected chi connectivity index (χ3v) is 8.14. The molecule has 6 nitrogen and oxygen atoms in total. The number of dihydropyridines is 1. The number of hydrogen-bond acceptors (Lipinski definition) is 5. The van der Waals surface area contributed by atoms with Crippen LogP contribution in [0.4, 0.5) is 5.69 Å². The van der Waals surface area contributed by atoms with Crippen molar-refractivity contribution in [3.05, 3.63) is 80.6 Å². The standard InChI is InChI=1S/C31H32Cl2N2O4/c1-30(2)12-21-28(23(36)14-30)27(29-22(34-21)13-31(3,4)15-24(29)37)17-9-10-25(19(33)11-17)39-16-26(38)35-20-8-6-5-7-18(20)32/h5-11,27,34H,12-16H2,1-4H3,(H,35,38). The second kappa shape index (κ2) is 10.1. The summed E-state index contributed by atoms with van der Waals surface area (Å²) < 4.78 is 5.71. The van der Waals surface area contributed by atoms with E-state index in [0.29, 0.717) is 45.5 Å². The Hall–Kier alpha value is -3.09. The molecule has 2 aromatic rings. The van der Waals surface area contributed by atoms with Gasteiger partial charge in [-0.1, -0.05) is 69.1 Å². The van der Waals surface area contributed by atoms with Crippen molar-refractivity contribution >= 4 is 46.4 Å². The molecule has 0 radical (unpaired) electrons. The van der Waals surface area contributed by atoms with E-state index in [2.05, 4.69) is 38.3 Å². The molecule has 1 heterocycles. The Morgan fingerprint density at radius 2 is 1.49 bits per heavy atom. The van der Waals surface area contributed by atoms with Gasteiger partial charge in [0.2, 0.25) is 0 Å². The van der Waals surface area contributed by atoms with Crippen LogP contribution in [0.2, 0.25) is 10.0 Å². The van der Waals surface area contributed by atoms with E-state index in [1.54, 1.807) is 36.4 Å².